The minimum atomic E-state index is -0.381. The maximum Gasteiger partial charge on any atom is 0.0761 e. The minimum absolute atomic E-state index is 0.381. The molecule has 2 rings (SSSR count). The van der Waals surface area contributed by atoms with Crippen molar-refractivity contribution in [1.82, 2.24) is 4.90 Å². The number of aliphatic hydroxyl groups excluding tert-OH is 1. The van der Waals surface area contributed by atoms with Crippen molar-refractivity contribution in [3.8, 4) is 0 Å². The van der Waals surface area contributed by atoms with Gasteiger partial charge in [0, 0.05) is 31.4 Å². The summed E-state index contributed by atoms with van der Waals surface area (Å²) in [5, 5.41) is 9.49. The number of likely N-dealkylation sites (N-methyl/N-ethyl adjacent to an activating group) is 1. The zero-order valence-corrected chi connectivity index (χ0v) is 10.9. The van der Waals surface area contributed by atoms with Crippen molar-refractivity contribution in [2.45, 2.75) is 26.0 Å². The molecule has 0 bridgehead atoms. The van der Waals surface area contributed by atoms with Crippen LogP contribution in [0.15, 0.2) is 24.3 Å². The number of nitrogens with zero attached hydrogens (tertiary/aromatic N) is 2. The Balaban J connectivity index is 2.11. The summed E-state index contributed by atoms with van der Waals surface area (Å²) >= 11 is 0. The highest BCUT2D eigenvalue weighted by atomic mass is 16.3. The maximum absolute atomic E-state index is 9.49. The van der Waals surface area contributed by atoms with E-state index in [9.17, 15) is 5.11 Å². The van der Waals surface area contributed by atoms with Gasteiger partial charge in [0.05, 0.1) is 6.10 Å². The zero-order valence-electron chi connectivity index (χ0n) is 10.9. The first-order valence-electron chi connectivity index (χ1n) is 6.31. The van der Waals surface area contributed by atoms with Gasteiger partial charge in [0.25, 0.3) is 0 Å². The van der Waals surface area contributed by atoms with Gasteiger partial charge in [-0.15, -0.1) is 0 Å². The lowest BCUT2D eigenvalue weighted by atomic mass is 10.1. The maximum atomic E-state index is 9.49. The molecule has 1 aromatic carbocycles. The molecule has 0 amide bonds. The summed E-state index contributed by atoms with van der Waals surface area (Å²) in [6.45, 7) is 7.36. The van der Waals surface area contributed by atoms with Crippen molar-refractivity contribution < 1.29 is 5.11 Å². The fraction of sp³-hybridized carbons (Fsp3) is 0.571. The molecule has 1 aliphatic rings. The van der Waals surface area contributed by atoms with Gasteiger partial charge >= 0.3 is 0 Å². The molecule has 2 atom stereocenters. The van der Waals surface area contributed by atoms with Gasteiger partial charge in [-0.25, -0.2) is 0 Å². The van der Waals surface area contributed by atoms with E-state index in [1.165, 1.54) is 5.69 Å². The Morgan fingerprint density at radius 3 is 2.41 bits per heavy atom. The fourth-order valence-corrected chi connectivity index (χ4v) is 2.47. The molecule has 1 aromatic rings. The molecule has 1 aliphatic heterocycles. The van der Waals surface area contributed by atoms with Gasteiger partial charge in [0.15, 0.2) is 0 Å². The highest BCUT2D eigenvalue weighted by Crippen LogP contribution is 2.22. The molecule has 1 N–H and O–H groups in total. The van der Waals surface area contributed by atoms with Crippen LogP contribution < -0.4 is 4.90 Å². The molecule has 94 valence electrons. The summed E-state index contributed by atoms with van der Waals surface area (Å²) < 4.78 is 0. The molecule has 1 heterocycles. The Kier molecular flexibility index (Phi) is 3.69. The lowest BCUT2D eigenvalue weighted by molar-refractivity contribution is 0.199. The van der Waals surface area contributed by atoms with E-state index in [-0.39, 0.29) is 6.10 Å². The lowest BCUT2D eigenvalue weighted by Crippen LogP contribution is -2.50. The van der Waals surface area contributed by atoms with E-state index in [4.69, 9.17) is 0 Å². The summed E-state index contributed by atoms with van der Waals surface area (Å²) in [6, 6.07) is 8.82. The second-order valence-electron chi connectivity index (χ2n) is 5.07. The zero-order chi connectivity index (χ0) is 12.4. The Morgan fingerprint density at radius 1 is 1.24 bits per heavy atom. The Morgan fingerprint density at radius 2 is 1.88 bits per heavy atom. The molecule has 0 saturated carbocycles. The second-order valence-corrected chi connectivity index (χ2v) is 5.07. The van der Waals surface area contributed by atoms with Gasteiger partial charge in [-0.05, 0) is 38.6 Å². The monoisotopic (exact) mass is 234 g/mol. The molecule has 0 spiro atoms. The normalized spacial score (nSPS) is 23.8. The van der Waals surface area contributed by atoms with Crippen molar-refractivity contribution in [3.63, 3.8) is 0 Å². The van der Waals surface area contributed by atoms with E-state index in [0.29, 0.717) is 6.04 Å². The third-order valence-electron chi connectivity index (χ3n) is 3.54. The van der Waals surface area contributed by atoms with Crippen LogP contribution in [0.5, 0.6) is 0 Å². The predicted molar refractivity (Wildman–Crippen MR) is 71.4 cm³/mol. The van der Waals surface area contributed by atoms with Crippen LogP contribution in [-0.4, -0.2) is 42.7 Å². The average molecular weight is 234 g/mol. The topological polar surface area (TPSA) is 26.7 Å². The number of anilines is 1. The van der Waals surface area contributed by atoms with E-state index in [1.54, 1.807) is 6.92 Å². The largest absolute Gasteiger partial charge is 0.389 e. The van der Waals surface area contributed by atoms with E-state index in [0.717, 1.165) is 25.2 Å². The third kappa shape index (κ3) is 2.79. The van der Waals surface area contributed by atoms with Crippen LogP contribution in [0.3, 0.4) is 0 Å². The van der Waals surface area contributed by atoms with Crippen LogP contribution in [0.1, 0.15) is 25.5 Å². The number of hydrogen-bond donors (Lipinski definition) is 1. The Bertz CT molecular complexity index is 361. The quantitative estimate of drug-likeness (QED) is 0.846. The summed E-state index contributed by atoms with van der Waals surface area (Å²) in [4.78, 5) is 4.80. The molecule has 1 fully saturated rings. The van der Waals surface area contributed by atoms with Crippen LogP contribution in [0.4, 0.5) is 5.69 Å². The fourth-order valence-electron chi connectivity index (χ4n) is 2.47. The summed E-state index contributed by atoms with van der Waals surface area (Å²) in [6.07, 6.45) is -0.381. The van der Waals surface area contributed by atoms with Crippen LogP contribution in [0, 0.1) is 0 Å². The summed E-state index contributed by atoms with van der Waals surface area (Å²) in [5.74, 6) is 0. The van der Waals surface area contributed by atoms with Crippen molar-refractivity contribution in [2.75, 3.05) is 31.6 Å². The van der Waals surface area contributed by atoms with Crippen LogP contribution in [0.2, 0.25) is 0 Å². The number of aliphatic hydroxyl groups is 1. The smallest absolute Gasteiger partial charge is 0.0761 e. The molecule has 3 nitrogen and oxygen atoms in total. The Labute approximate surface area is 104 Å². The molecule has 17 heavy (non-hydrogen) atoms. The molecule has 0 aliphatic carbocycles. The van der Waals surface area contributed by atoms with Gasteiger partial charge in [0.1, 0.15) is 0 Å². The molecule has 1 unspecified atom stereocenters. The molecular weight excluding hydrogens is 212 g/mol. The van der Waals surface area contributed by atoms with Crippen molar-refractivity contribution in [2.24, 2.45) is 0 Å². The number of rotatable bonds is 2. The number of benzene rings is 1. The standard InChI is InChI=1S/C14H22N2O/c1-11-10-15(3)8-9-16(11)14-6-4-13(5-7-14)12(2)17/h4-7,11-12,17H,8-10H2,1-3H3/t11?,12-/m0/s1. The van der Waals surface area contributed by atoms with Gasteiger partial charge < -0.3 is 14.9 Å². The van der Waals surface area contributed by atoms with E-state index in [1.807, 2.05) is 12.1 Å². The first-order valence-corrected chi connectivity index (χ1v) is 6.31. The molecular formula is C14H22N2O. The first-order chi connectivity index (χ1) is 8.08. The molecule has 1 saturated heterocycles. The highest BCUT2D eigenvalue weighted by molar-refractivity contribution is 5.49. The van der Waals surface area contributed by atoms with Gasteiger partial charge in [-0.2, -0.15) is 0 Å². The van der Waals surface area contributed by atoms with E-state index >= 15 is 0 Å². The summed E-state index contributed by atoms with van der Waals surface area (Å²) in [5.41, 5.74) is 2.24. The van der Waals surface area contributed by atoms with Gasteiger partial charge in [0.2, 0.25) is 0 Å². The van der Waals surface area contributed by atoms with Crippen LogP contribution >= 0.6 is 0 Å². The van der Waals surface area contributed by atoms with Gasteiger partial charge in [-0.3, -0.25) is 0 Å². The molecule has 3 heteroatoms. The van der Waals surface area contributed by atoms with Crippen molar-refractivity contribution >= 4 is 5.69 Å². The van der Waals surface area contributed by atoms with Crippen LogP contribution in [0.25, 0.3) is 0 Å². The number of hydrogen-bond acceptors (Lipinski definition) is 3. The SMILES string of the molecule is CC1CN(C)CCN1c1ccc([C@H](C)O)cc1. The highest BCUT2D eigenvalue weighted by Gasteiger charge is 2.21. The van der Waals surface area contributed by atoms with Crippen LogP contribution in [-0.2, 0) is 0 Å². The minimum Gasteiger partial charge on any atom is -0.389 e. The number of piperazine rings is 1. The molecule has 0 aromatic heterocycles. The van der Waals surface area contributed by atoms with Crippen molar-refractivity contribution in [1.29, 1.82) is 0 Å². The average Bonchev–Trinajstić information content (AvgIpc) is 2.29. The Hall–Kier alpha value is -1.06. The predicted octanol–water partition coefficient (Wildman–Crippen LogP) is 1.88. The second kappa shape index (κ2) is 5.07. The van der Waals surface area contributed by atoms with E-state index in [2.05, 4.69) is 35.9 Å². The van der Waals surface area contributed by atoms with Crippen molar-refractivity contribution in [3.05, 3.63) is 29.8 Å². The molecule has 0 radical (unpaired) electrons. The van der Waals surface area contributed by atoms with Gasteiger partial charge in [-0.1, -0.05) is 12.1 Å². The first kappa shape index (κ1) is 12.4. The lowest BCUT2D eigenvalue weighted by Gasteiger charge is -2.39. The summed E-state index contributed by atoms with van der Waals surface area (Å²) in [7, 11) is 2.17. The van der Waals surface area contributed by atoms with E-state index < -0.39 is 0 Å². The third-order valence-corrected chi connectivity index (χ3v) is 3.54.